The first-order valence-corrected chi connectivity index (χ1v) is 4.21. The van der Waals surface area contributed by atoms with Gasteiger partial charge >= 0.3 is 5.97 Å². The minimum absolute atomic E-state index is 0.220. The van der Waals surface area contributed by atoms with Crippen LogP contribution in [0.5, 0.6) is 0 Å². The van der Waals surface area contributed by atoms with Gasteiger partial charge < -0.3 is 10.4 Å². The number of anilines is 1. The molecule has 2 N–H and O–H groups in total. The molecule has 1 aromatic rings. The second kappa shape index (κ2) is 4.41. The van der Waals surface area contributed by atoms with Crippen molar-refractivity contribution >= 4 is 23.8 Å². The molecule has 0 aliphatic rings. The molecule has 0 aliphatic carbocycles. The van der Waals surface area contributed by atoms with Gasteiger partial charge in [0.05, 0.1) is 5.69 Å². The van der Waals surface area contributed by atoms with Crippen LogP contribution < -0.4 is 5.32 Å². The summed E-state index contributed by atoms with van der Waals surface area (Å²) in [5, 5.41) is 14.9. The molecule has 0 spiro atoms. The SMILES string of the molecule is CC(=O)Nc1cc(/C=C/C(=O)O)n(C)n1. The predicted molar refractivity (Wildman–Crippen MR) is 54.2 cm³/mol. The van der Waals surface area contributed by atoms with Crippen LogP contribution in [0.2, 0.25) is 0 Å². The fraction of sp³-hybridized carbons (Fsp3) is 0.222. The number of nitrogens with zero attached hydrogens (tertiary/aromatic N) is 2. The van der Waals surface area contributed by atoms with Crippen LogP contribution in [0.1, 0.15) is 12.6 Å². The monoisotopic (exact) mass is 209 g/mol. The van der Waals surface area contributed by atoms with Crippen LogP contribution in [-0.4, -0.2) is 26.8 Å². The third-order valence-corrected chi connectivity index (χ3v) is 1.62. The lowest BCUT2D eigenvalue weighted by Gasteiger charge is -1.93. The molecule has 1 amide bonds. The Balaban J connectivity index is 2.86. The normalized spacial score (nSPS) is 10.5. The highest BCUT2D eigenvalue weighted by Gasteiger charge is 2.03. The van der Waals surface area contributed by atoms with E-state index in [1.807, 2.05) is 0 Å². The van der Waals surface area contributed by atoms with Crippen LogP contribution in [-0.2, 0) is 16.6 Å². The number of hydrogen-bond donors (Lipinski definition) is 2. The number of carboxylic acid groups (broad SMARTS) is 1. The van der Waals surface area contributed by atoms with Crippen molar-refractivity contribution in [3.05, 3.63) is 17.8 Å². The molecule has 0 fully saturated rings. The largest absolute Gasteiger partial charge is 0.478 e. The van der Waals surface area contributed by atoms with E-state index in [1.165, 1.54) is 17.7 Å². The van der Waals surface area contributed by atoms with E-state index in [1.54, 1.807) is 13.1 Å². The third-order valence-electron chi connectivity index (χ3n) is 1.62. The average Bonchev–Trinajstić information content (AvgIpc) is 2.41. The lowest BCUT2D eigenvalue weighted by atomic mass is 10.3. The van der Waals surface area contributed by atoms with E-state index in [0.29, 0.717) is 11.5 Å². The summed E-state index contributed by atoms with van der Waals surface area (Å²) in [5.74, 6) is -0.853. The number of carboxylic acids is 1. The van der Waals surface area contributed by atoms with Crippen LogP contribution in [0.4, 0.5) is 5.82 Å². The number of rotatable bonds is 3. The summed E-state index contributed by atoms with van der Waals surface area (Å²) in [4.78, 5) is 21.0. The van der Waals surface area contributed by atoms with Crippen molar-refractivity contribution in [1.82, 2.24) is 9.78 Å². The molecule has 0 saturated carbocycles. The lowest BCUT2D eigenvalue weighted by molar-refractivity contribution is -0.131. The molecule has 80 valence electrons. The van der Waals surface area contributed by atoms with Crippen LogP contribution in [0.25, 0.3) is 6.08 Å². The Bertz CT molecular complexity index is 420. The van der Waals surface area contributed by atoms with Gasteiger partial charge in [0.2, 0.25) is 5.91 Å². The highest BCUT2D eigenvalue weighted by atomic mass is 16.4. The zero-order valence-electron chi connectivity index (χ0n) is 8.39. The summed E-state index contributed by atoms with van der Waals surface area (Å²) in [5.41, 5.74) is 0.598. The van der Waals surface area contributed by atoms with Crippen molar-refractivity contribution < 1.29 is 14.7 Å². The Hall–Kier alpha value is -2.11. The molecule has 6 nitrogen and oxygen atoms in total. The molecule has 0 radical (unpaired) electrons. The summed E-state index contributed by atoms with van der Waals surface area (Å²) in [7, 11) is 1.66. The summed E-state index contributed by atoms with van der Waals surface area (Å²) in [6.45, 7) is 1.38. The summed E-state index contributed by atoms with van der Waals surface area (Å²) >= 11 is 0. The Morgan fingerprint density at radius 3 is 2.80 bits per heavy atom. The number of aliphatic carboxylic acids is 1. The van der Waals surface area contributed by atoms with Gasteiger partial charge in [-0.25, -0.2) is 4.79 Å². The van der Waals surface area contributed by atoms with E-state index in [-0.39, 0.29) is 5.91 Å². The smallest absolute Gasteiger partial charge is 0.328 e. The van der Waals surface area contributed by atoms with E-state index in [9.17, 15) is 9.59 Å². The molecule has 15 heavy (non-hydrogen) atoms. The van der Waals surface area contributed by atoms with Gasteiger partial charge in [0, 0.05) is 26.1 Å². The first kappa shape index (κ1) is 11.0. The minimum atomic E-state index is -1.03. The van der Waals surface area contributed by atoms with Crippen molar-refractivity contribution in [1.29, 1.82) is 0 Å². The zero-order chi connectivity index (χ0) is 11.4. The van der Waals surface area contributed by atoms with Crippen molar-refractivity contribution in [2.24, 2.45) is 7.05 Å². The summed E-state index contributed by atoms with van der Waals surface area (Å²) in [6, 6.07) is 1.58. The molecule has 0 aliphatic heterocycles. The van der Waals surface area contributed by atoms with Crippen LogP contribution in [0, 0.1) is 0 Å². The highest BCUT2D eigenvalue weighted by molar-refractivity contribution is 5.88. The standard InChI is InChI=1S/C9H11N3O3/c1-6(13)10-8-5-7(12(2)11-8)3-4-9(14)15/h3-5H,1-2H3,(H,14,15)(H,10,11,13)/b4-3+. The second-order valence-electron chi connectivity index (χ2n) is 2.93. The van der Waals surface area contributed by atoms with E-state index in [2.05, 4.69) is 10.4 Å². The van der Waals surface area contributed by atoms with E-state index in [4.69, 9.17) is 5.11 Å². The van der Waals surface area contributed by atoms with Gasteiger partial charge in [-0.1, -0.05) is 0 Å². The van der Waals surface area contributed by atoms with Crippen LogP contribution >= 0.6 is 0 Å². The maximum Gasteiger partial charge on any atom is 0.328 e. The number of aryl methyl sites for hydroxylation is 1. The molecule has 6 heteroatoms. The van der Waals surface area contributed by atoms with Crippen molar-refractivity contribution in [3.63, 3.8) is 0 Å². The summed E-state index contributed by atoms with van der Waals surface area (Å²) < 4.78 is 1.48. The molecular formula is C9H11N3O3. The Kier molecular flexibility index (Phi) is 3.22. The molecule has 0 bridgehead atoms. The average molecular weight is 209 g/mol. The Morgan fingerprint density at radius 1 is 1.60 bits per heavy atom. The number of aromatic nitrogens is 2. The van der Waals surface area contributed by atoms with Gasteiger partial charge in [-0.3, -0.25) is 9.48 Å². The Labute approximate surface area is 86.2 Å². The number of carbonyl (C=O) groups excluding carboxylic acids is 1. The second-order valence-corrected chi connectivity index (χ2v) is 2.93. The highest BCUT2D eigenvalue weighted by Crippen LogP contribution is 2.09. The minimum Gasteiger partial charge on any atom is -0.478 e. The van der Waals surface area contributed by atoms with Crippen LogP contribution in [0.15, 0.2) is 12.1 Å². The fourth-order valence-corrected chi connectivity index (χ4v) is 1.04. The van der Waals surface area contributed by atoms with Crippen molar-refractivity contribution in [3.8, 4) is 0 Å². The van der Waals surface area contributed by atoms with Crippen molar-refractivity contribution in [2.45, 2.75) is 6.92 Å². The number of amides is 1. The third kappa shape index (κ3) is 3.26. The molecule has 0 aromatic carbocycles. The predicted octanol–water partition coefficient (Wildman–Crippen LogP) is 0.476. The molecule has 1 heterocycles. The number of hydrogen-bond acceptors (Lipinski definition) is 3. The van der Waals surface area contributed by atoms with Crippen molar-refractivity contribution in [2.75, 3.05) is 5.32 Å². The fourth-order valence-electron chi connectivity index (χ4n) is 1.04. The molecule has 1 rings (SSSR count). The van der Waals surface area contributed by atoms with Gasteiger partial charge in [-0.2, -0.15) is 5.10 Å². The molecule has 1 aromatic heterocycles. The first-order chi connectivity index (χ1) is 6.99. The van der Waals surface area contributed by atoms with Crippen LogP contribution in [0.3, 0.4) is 0 Å². The topological polar surface area (TPSA) is 84.2 Å². The zero-order valence-corrected chi connectivity index (χ0v) is 8.39. The van der Waals surface area contributed by atoms with Gasteiger partial charge in [-0.15, -0.1) is 0 Å². The first-order valence-electron chi connectivity index (χ1n) is 4.21. The Morgan fingerprint density at radius 2 is 2.27 bits per heavy atom. The van der Waals surface area contributed by atoms with Gasteiger partial charge in [0.1, 0.15) is 0 Å². The molecule has 0 saturated heterocycles. The van der Waals surface area contributed by atoms with Gasteiger partial charge in [0.25, 0.3) is 0 Å². The lowest BCUT2D eigenvalue weighted by Crippen LogP contribution is -2.06. The van der Waals surface area contributed by atoms with E-state index >= 15 is 0 Å². The maximum absolute atomic E-state index is 10.7. The molecule has 0 unspecified atom stereocenters. The molecule has 0 atom stereocenters. The maximum atomic E-state index is 10.7. The van der Waals surface area contributed by atoms with Gasteiger partial charge in [-0.05, 0) is 6.08 Å². The quantitative estimate of drug-likeness (QED) is 0.709. The summed E-state index contributed by atoms with van der Waals surface area (Å²) in [6.07, 6.45) is 2.41. The van der Waals surface area contributed by atoms with Gasteiger partial charge in [0.15, 0.2) is 5.82 Å². The number of nitrogens with one attached hydrogen (secondary N) is 1. The molecular weight excluding hydrogens is 198 g/mol. The van der Waals surface area contributed by atoms with E-state index in [0.717, 1.165) is 6.08 Å². The number of carbonyl (C=O) groups is 2. The van der Waals surface area contributed by atoms with E-state index < -0.39 is 5.97 Å².